The van der Waals surface area contributed by atoms with Gasteiger partial charge in [-0.3, -0.25) is 24.5 Å². The molecule has 10 nitrogen and oxygen atoms in total. The van der Waals surface area contributed by atoms with E-state index in [4.69, 9.17) is 4.28 Å². The van der Waals surface area contributed by atoms with Gasteiger partial charge in [0.2, 0.25) is 0 Å². The molecule has 1 fully saturated rings. The van der Waals surface area contributed by atoms with Gasteiger partial charge in [-0.05, 0) is 49.6 Å². The highest BCUT2D eigenvalue weighted by Gasteiger charge is 2.31. The standard InChI is InChI=1S/C18H16FN3O7S/c19-12-5-8-14(9-6-12)30(27,28)29-20-17-4-2-1-3-15(17)16-10-7-13(21(23)24)11-18(16)22(25)26/h5-11,15H,1-4H2/b20-17+/t15-/m0/s1. The van der Waals surface area contributed by atoms with Crippen molar-refractivity contribution in [2.75, 3.05) is 0 Å². The van der Waals surface area contributed by atoms with E-state index in [0.717, 1.165) is 36.4 Å². The van der Waals surface area contributed by atoms with Crippen LogP contribution in [-0.2, 0) is 14.4 Å². The number of rotatable bonds is 6. The number of halogens is 1. The minimum atomic E-state index is -4.30. The number of non-ortho nitro benzene ring substituents is 1. The summed E-state index contributed by atoms with van der Waals surface area (Å²) in [5.74, 6) is -1.23. The molecule has 0 unspecified atom stereocenters. The van der Waals surface area contributed by atoms with Gasteiger partial charge in [-0.1, -0.05) is 11.6 Å². The molecule has 1 saturated carbocycles. The van der Waals surface area contributed by atoms with Crippen molar-refractivity contribution in [1.29, 1.82) is 0 Å². The number of nitrogens with zero attached hydrogens (tertiary/aromatic N) is 3. The molecule has 158 valence electrons. The van der Waals surface area contributed by atoms with Crippen LogP contribution in [0.2, 0.25) is 0 Å². The van der Waals surface area contributed by atoms with E-state index < -0.39 is 43.1 Å². The second-order valence-corrected chi connectivity index (χ2v) is 8.15. The van der Waals surface area contributed by atoms with Crippen molar-refractivity contribution in [1.82, 2.24) is 0 Å². The molecule has 0 spiro atoms. The molecule has 1 aliphatic rings. The van der Waals surface area contributed by atoms with Gasteiger partial charge in [0.1, 0.15) is 10.7 Å². The Morgan fingerprint density at radius 1 is 1.03 bits per heavy atom. The number of nitro benzene ring substituents is 2. The third kappa shape index (κ3) is 4.59. The largest absolute Gasteiger partial charge is 0.358 e. The molecule has 0 amide bonds. The van der Waals surface area contributed by atoms with E-state index in [1.807, 2.05) is 0 Å². The lowest BCUT2D eigenvalue weighted by molar-refractivity contribution is -0.394. The lowest BCUT2D eigenvalue weighted by Gasteiger charge is -2.23. The van der Waals surface area contributed by atoms with Gasteiger partial charge in [0.05, 0.1) is 21.6 Å². The topological polar surface area (TPSA) is 142 Å². The van der Waals surface area contributed by atoms with Gasteiger partial charge < -0.3 is 0 Å². The highest BCUT2D eigenvalue weighted by molar-refractivity contribution is 7.86. The molecule has 30 heavy (non-hydrogen) atoms. The molecule has 1 aliphatic carbocycles. The molecule has 2 aromatic carbocycles. The minimum Gasteiger partial charge on any atom is -0.265 e. The molecule has 0 aromatic heterocycles. The molecule has 1 atom stereocenters. The minimum absolute atomic E-state index is 0.201. The van der Waals surface area contributed by atoms with E-state index in [-0.39, 0.29) is 16.2 Å². The Morgan fingerprint density at radius 3 is 2.37 bits per heavy atom. The zero-order valence-electron chi connectivity index (χ0n) is 15.4. The van der Waals surface area contributed by atoms with Crippen molar-refractivity contribution in [3.05, 3.63) is 74.1 Å². The Hall–Kier alpha value is -3.41. The Balaban J connectivity index is 1.94. The maximum atomic E-state index is 13.0. The van der Waals surface area contributed by atoms with Crippen LogP contribution in [0.4, 0.5) is 15.8 Å². The lowest BCUT2D eigenvalue weighted by Crippen LogP contribution is -2.20. The van der Waals surface area contributed by atoms with E-state index in [2.05, 4.69) is 5.16 Å². The molecule has 2 aromatic rings. The van der Waals surface area contributed by atoms with E-state index in [9.17, 15) is 33.0 Å². The van der Waals surface area contributed by atoms with Crippen molar-refractivity contribution in [3.8, 4) is 0 Å². The SMILES string of the molecule is O=[N+]([O-])c1ccc([C@@H]2CCCC/C2=N\OS(=O)(=O)c2ccc(F)cc2)c([N+](=O)[O-])c1. The fourth-order valence-electron chi connectivity index (χ4n) is 3.28. The van der Waals surface area contributed by atoms with E-state index in [1.54, 1.807) is 0 Å². The first-order chi connectivity index (χ1) is 14.2. The van der Waals surface area contributed by atoms with Crippen LogP contribution in [0.15, 0.2) is 52.5 Å². The first-order valence-corrected chi connectivity index (χ1v) is 10.3. The maximum Gasteiger partial charge on any atom is 0.358 e. The van der Waals surface area contributed by atoms with Gasteiger partial charge in [0, 0.05) is 17.5 Å². The zero-order valence-corrected chi connectivity index (χ0v) is 16.2. The maximum absolute atomic E-state index is 13.0. The molecule has 12 heteroatoms. The van der Waals surface area contributed by atoms with E-state index in [0.29, 0.717) is 25.7 Å². The number of nitro groups is 2. The van der Waals surface area contributed by atoms with Crippen LogP contribution < -0.4 is 0 Å². The predicted octanol–water partition coefficient (Wildman–Crippen LogP) is 4.06. The summed E-state index contributed by atoms with van der Waals surface area (Å²) in [5, 5.41) is 26.2. The van der Waals surface area contributed by atoms with Crippen LogP contribution in [0.1, 0.15) is 37.2 Å². The van der Waals surface area contributed by atoms with Crippen molar-refractivity contribution in [2.24, 2.45) is 5.16 Å². The molecular weight excluding hydrogens is 421 g/mol. The van der Waals surface area contributed by atoms with Crippen LogP contribution in [0, 0.1) is 26.0 Å². The van der Waals surface area contributed by atoms with Crippen molar-refractivity contribution < 1.29 is 26.9 Å². The number of benzene rings is 2. The Morgan fingerprint density at radius 2 is 1.73 bits per heavy atom. The van der Waals surface area contributed by atoms with Gasteiger partial charge in [-0.25, -0.2) is 4.39 Å². The summed E-state index contributed by atoms with van der Waals surface area (Å²) in [6.45, 7) is 0. The molecule has 0 heterocycles. The normalized spacial score (nSPS) is 18.2. The smallest absolute Gasteiger partial charge is 0.265 e. The highest BCUT2D eigenvalue weighted by atomic mass is 32.2. The molecule has 0 saturated heterocycles. The fraction of sp³-hybridized carbons (Fsp3) is 0.278. The predicted molar refractivity (Wildman–Crippen MR) is 103 cm³/mol. The summed E-state index contributed by atoms with van der Waals surface area (Å²) < 4.78 is 42.4. The van der Waals surface area contributed by atoms with Crippen LogP contribution in [0.5, 0.6) is 0 Å². The van der Waals surface area contributed by atoms with Crippen LogP contribution in [0.25, 0.3) is 0 Å². The van der Waals surface area contributed by atoms with E-state index >= 15 is 0 Å². The highest BCUT2D eigenvalue weighted by Crippen LogP contribution is 2.38. The average molecular weight is 437 g/mol. The van der Waals surface area contributed by atoms with Crippen molar-refractivity contribution in [2.45, 2.75) is 36.5 Å². The molecule has 0 N–H and O–H groups in total. The third-order valence-corrected chi connectivity index (χ3v) is 5.85. The Kier molecular flexibility index (Phi) is 6.06. The quantitative estimate of drug-likeness (QED) is 0.490. The van der Waals surface area contributed by atoms with Gasteiger partial charge in [-0.15, -0.1) is 0 Å². The molecule has 0 radical (unpaired) electrons. The summed E-state index contributed by atoms with van der Waals surface area (Å²) in [6.07, 6.45) is 2.17. The first-order valence-electron chi connectivity index (χ1n) is 8.88. The average Bonchev–Trinajstić information content (AvgIpc) is 2.72. The Labute approximate surface area is 170 Å². The molecular formula is C18H16FN3O7S. The van der Waals surface area contributed by atoms with Gasteiger partial charge in [-0.2, -0.15) is 8.42 Å². The zero-order chi connectivity index (χ0) is 21.9. The van der Waals surface area contributed by atoms with Crippen LogP contribution in [-0.4, -0.2) is 24.0 Å². The number of hydrogen-bond donors (Lipinski definition) is 0. The molecule has 0 aliphatic heterocycles. The molecule has 3 rings (SSSR count). The summed E-state index contributed by atoms with van der Waals surface area (Å²) in [6, 6.07) is 7.31. The van der Waals surface area contributed by atoms with Gasteiger partial charge >= 0.3 is 10.1 Å². The second kappa shape index (κ2) is 8.53. The Bertz CT molecular complexity index is 1120. The lowest BCUT2D eigenvalue weighted by atomic mass is 9.81. The monoisotopic (exact) mass is 437 g/mol. The third-order valence-electron chi connectivity index (χ3n) is 4.73. The van der Waals surface area contributed by atoms with Crippen molar-refractivity contribution >= 4 is 27.2 Å². The summed E-state index contributed by atoms with van der Waals surface area (Å²) in [4.78, 5) is 20.7. The van der Waals surface area contributed by atoms with Crippen LogP contribution >= 0.6 is 0 Å². The fourth-order valence-corrected chi connectivity index (χ4v) is 4.03. The number of oxime groups is 1. The summed E-state index contributed by atoms with van der Waals surface area (Å²) in [5.41, 5.74) is -0.379. The number of hydrogen-bond acceptors (Lipinski definition) is 8. The summed E-state index contributed by atoms with van der Waals surface area (Å²) in [7, 11) is -4.30. The van der Waals surface area contributed by atoms with Crippen LogP contribution in [0.3, 0.4) is 0 Å². The van der Waals surface area contributed by atoms with E-state index in [1.165, 1.54) is 6.07 Å². The first kappa shape index (κ1) is 21.3. The molecule has 0 bridgehead atoms. The second-order valence-electron chi connectivity index (χ2n) is 6.62. The van der Waals surface area contributed by atoms with Gasteiger partial charge in [0.25, 0.3) is 11.4 Å². The summed E-state index contributed by atoms with van der Waals surface area (Å²) >= 11 is 0. The van der Waals surface area contributed by atoms with Crippen molar-refractivity contribution in [3.63, 3.8) is 0 Å². The van der Waals surface area contributed by atoms with Gasteiger partial charge in [0.15, 0.2) is 0 Å².